The first-order valence-electron chi connectivity index (χ1n) is 18.1. The van der Waals surface area contributed by atoms with Crippen molar-refractivity contribution in [3.63, 3.8) is 0 Å². The molecule has 1 saturated heterocycles. The number of aromatic nitrogens is 2. The third-order valence-electron chi connectivity index (χ3n) is 7.36. The van der Waals surface area contributed by atoms with Gasteiger partial charge in [-0.25, -0.2) is 4.98 Å². The van der Waals surface area contributed by atoms with E-state index in [2.05, 4.69) is 79.7 Å². The minimum atomic E-state index is -0.835. The number of carbonyl (C=O) groups excluding carboxylic acids is 6. The molecule has 4 N–H and O–H groups in total. The highest BCUT2D eigenvalue weighted by Gasteiger charge is 2.36. The Morgan fingerprint density at radius 3 is 1.98 bits per heavy atom. The number of carbonyl (C=O) groups is 6. The van der Waals surface area contributed by atoms with Gasteiger partial charge in [0, 0.05) is 25.0 Å². The molecule has 2 atom stereocenters. The van der Waals surface area contributed by atoms with Crippen LogP contribution in [0.2, 0.25) is 0 Å². The summed E-state index contributed by atoms with van der Waals surface area (Å²) in [6.45, 7) is 14.6. The van der Waals surface area contributed by atoms with Crippen LogP contribution in [0.25, 0.3) is 0 Å². The maximum absolute atomic E-state index is 13.2. The summed E-state index contributed by atoms with van der Waals surface area (Å²) in [5, 5.41) is 10.4. The molecule has 276 valence electrons. The van der Waals surface area contributed by atoms with E-state index in [1.54, 1.807) is 0 Å². The predicted octanol–water partition coefficient (Wildman–Crippen LogP) is 3.72. The van der Waals surface area contributed by atoms with Crippen molar-refractivity contribution >= 4 is 35.3 Å². The standard InChI is InChI=1S/C26H35N7O6.C4H10.2C3H8/c34-20(25(38)31-17-8-9-17)14-29-24(37)19-7-4-12-33(19)21(35)15-30-26(39)22(16-5-2-1-3-6-16)32-23(36)18-13-27-10-11-28-18;1-4(2)3;2*1-3-2/h10-11,13,16-17,19,22H,1-9,12,14-15H2,(H,29,37)(H,30,39)(H,31,38)(H,32,36);4H,1-3H3;2*3H2,1-2H3. The van der Waals surface area contributed by atoms with Gasteiger partial charge in [-0.1, -0.05) is 80.6 Å². The van der Waals surface area contributed by atoms with Crippen LogP contribution < -0.4 is 21.3 Å². The Bertz CT molecular complexity index is 1160. The molecule has 4 rings (SSSR count). The van der Waals surface area contributed by atoms with Gasteiger partial charge < -0.3 is 26.2 Å². The monoisotopic (exact) mass is 687 g/mol. The highest BCUT2D eigenvalue weighted by Crippen LogP contribution is 2.27. The number of hydrogen-bond donors (Lipinski definition) is 4. The molecule has 1 aromatic heterocycles. The SMILES string of the molecule is CC(C)C.CCC.CCC.O=C(CNC(=O)C1CCCN1C(=O)CNC(=O)C(NC(=O)c1cnccn1)C1CCCCC1)C(=O)NC1CC1. The second-order valence-corrected chi connectivity index (χ2v) is 13.4. The zero-order chi connectivity index (χ0) is 36.8. The Labute approximate surface area is 292 Å². The summed E-state index contributed by atoms with van der Waals surface area (Å²) in [6, 6.07) is -1.59. The Morgan fingerprint density at radius 2 is 1.43 bits per heavy atom. The smallest absolute Gasteiger partial charge is 0.289 e. The first-order chi connectivity index (χ1) is 23.4. The van der Waals surface area contributed by atoms with Crippen molar-refractivity contribution in [3.05, 3.63) is 24.3 Å². The summed E-state index contributed by atoms with van der Waals surface area (Å²) in [4.78, 5) is 84.6. The van der Waals surface area contributed by atoms with Gasteiger partial charge >= 0.3 is 0 Å². The van der Waals surface area contributed by atoms with Crippen LogP contribution in [0.15, 0.2) is 18.6 Å². The first-order valence-corrected chi connectivity index (χ1v) is 18.1. The molecule has 0 aromatic carbocycles. The summed E-state index contributed by atoms with van der Waals surface area (Å²) in [6.07, 6.45) is 13.9. The van der Waals surface area contributed by atoms with Crippen molar-refractivity contribution in [2.45, 2.75) is 137 Å². The lowest BCUT2D eigenvalue weighted by atomic mass is 9.83. The lowest BCUT2D eigenvalue weighted by Gasteiger charge is -2.30. The molecule has 5 amide bonds. The fourth-order valence-electron chi connectivity index (χ4n) is 5.07. The Hall–Kier alpha value is -3.90. The fourth-order valence-corrected chi connectivity index (χ4v) is 5.07. The molecule has 1 aromatic rings. The maximum Gasteiger partial charge on any atom is 0.289 e. The molecule has 2 aliphatic carbocycles. The summed E-state index contributed by atoms with van der Waals surface area (Å²) < 4.78 is 0. The molecule has 1 aliphatic heterocycles. The molecule has 2 unspecified atom stereocenters. The Balaban J connectivity index is 0.00000107. The van der Waals surface area contributed by atoms with E-state index in [4.69, 9.17) is 0 Å². The van der Waals surface area contributed by atoms with Crippen LogP contribution in [0.1, 0.15) is 130 Å². The van der Waals surface area contributed by atoms with E-state index < -0.39 is 53.9 Å². The highest BCUT2D eigenvalue weighted by atomic mass is 16.2. The topological polar surface area (TPSA) is 180 Å². The van der Waals surface area contributed by atoms with Gasteiger partial charge in [0.15, 0.2) is 0 Å². The van der Waals surface area contributed by atoms with Crippen LogP contribution in [-0.2, 0) is 24.0 Å². The average Bonchev–Trinajstić information content (AvgIpc) is 3.76. The van der Waals surface area contributed by atoms with Gasteiger partial charge in [-0.2, -0.15) is 0 Å². The summed E-state index contributed by atoms with van der Waals surface area (Å²) in [5.41, 5.74) is 0.0941. The number of nitrogens with zero attached hydrogens (tertiary/aromatic N) is 3. The van der Waals surface area contributed by atoms with Gasteiger partial charge in [0.25, 0.3) is 11.8 Å². The van der Waals surface area contributed by atoms with Crippen LogP contribution in [0.4, 0.5) is 0 Å². The van der Waals surface area contributed by atoms with E-state index in [1.165, 1.54) is 36.3 Å². The molecule has 49 heavy (non-hydrogen) atoms. The summed E-state index contributed by atoms with van der Waals surface area (Å²) >= 11 is 0. The second kappa shape index (κ2) is 24.3. The zero-order valence-electron chi connectivity index (χ0n) is 30.8. The summed E-state index contributed by atoms with van der Waals surface area (Å²) in [5.74, 6) is -2.65. The third kappa shape index (κ3) is 17.4. The highest BCUT2D eigenvalue weighted by molar-refractivity contribution is 6.37. The minimum Gasteiger partial charge on any atom is -0.347 e. The van der Waals surface area contributed by atoms with Crippen molar-refractivity contribution in [1.82, 2.24) is 36.1 Å². The van der Waals surface area contributed by atoms with Gasteiger partial charge in [-0.05, 0) is 50.4 Å². The third-order valence-corrected chi connectivity index (χ3v) is 7.36. The number of nitrogens with one attached hydrogen (secondary N) is 4. The molecule has 13 nitrogen and oxygen atoms in total. The van der Waals surface area contributed by atoms with Gasteiger partial charge in [0.1, 0.15) is 17.8 Å². The number of likely N-dealkylation sites (tertiary alicyclic amines) is 1. The lowest BCUT2D eigenvalue weighted by molar-refractivity contribution is -0.140. The van der Waals surface area contributed by atoms with Crippen LogP contribution in [0.3, 0.4) is 0 Å². The average molecular weight is 688 g/mol. The van der Waals surface area contributed by atoms with Crippen molar-refractivity contribution in [2.75, 3.05) is 19.6 Å². The molecule has 0 radical (unpaired) electrons. The Morgan fingerprint density at radius 1 is 0.816 bits per heavy atom. The van der Waals surface area contributed by atoms with Crippen LogP contribution >= 0.6 is 0 Å². The first kappa shape index (κ1) is 43.1. The van der Waals surface area contributed by atoms with Crippen LogP contribution in [-0.4, -0.2) is 87.9 Å². The molecule has 13 heteroatoms. The van der Waals surface area contributed by atoms with E-state index >= 15 is 0 Å². The predicted molar refractivity (Wildman–Crippen MR) is 189 cm³/mol. The van der Waals surface area contributed by atoms with Gasteiger partial charge in [0.05, 0.1) is 19.3 Å². The van der Waals surface area contributed by atoms with Crippen molar-refractivity contribution in [2.24, 2.45) is 11.8 Å². The number of rotatable bonds is 11. The van der Waals surface area contributed by atoms with E-state index in [1.807, 2.05) is 0 Å². The van der Waals surface area contributed by atoms with Crippen LogP contribution in [0.5, 0.6) is 0 Å². The molecule has 2 saturated carbocycles. The van der Waals surface area contributed by atoms with E-state index in [9.17, 15) is 28.8 Å². The quantitative estimate of drug-likeness (QED) is 0.254. The molecule has 3 aliphatic rings. The van der Waals surface area contributed by atoms with Gasteiger partial charge in [-0.15, -0.1) is 0 Å². The second-order valence-electron chi connectivity index (χ2n) is 13.4. The number of ketones is 1. The molecule has 0 spiro atoms. The molecule has 2 heterocycles. The molecular formula is C36H61N7O6. The van der Waals surface area contributed by atoms with E-state index in [0.717, 1.165) is 50.9 Å². The molecular weight excluding hydrogens is 626 g/mol. The Kier molecular flexibility index (Phi) is 21.4. The maximum atomic E-state index is 13.2. The van der Waals surface area contributed by atoms with Crippen molar-refractivity contribution < 1.29 is 28.8 Å². The van der Waals surface area contributed by atoms with Crippen LogP contribution in [0, 0.1) is 11.8 Å². The summed E-state index contributed by atoms with van der Waals surface area (Å²) in [7, 11) is 0. The fraction of sp³-hybridized carbons (Fsp3) is 0.722. The normalized spacial score (nSPS) is 17.4. The lowest BCUT2D eigenvalue weighted by Crippen LogP contribution is -2.54. The van der Waals surface area contributed by atoms with E-state index in [-0.39, 0.29) is 24.2 Å². The number of amides is 5. The zero-order valence-corrected chi connectivity index (χ0v) is 30.8. The number of Topliss-reactive ketones (excluding diaryl/α,β-unsaturated/α-hetero) is 1. The minimum absolute atomic E-state index is 0.0355. The van der Waals surface area contributed by atoms with Crippen molar-refractivity contribution in [3.8, 4) is 0 Å². The van der Waals surface area contributed by atoms with Crippen molar-refractivity contribution in [1.29, 1.82) is 0 Å². The number of hydrogen-bond acceptors (Lipinski definition) is 8. The van der Waals surface area contributed by atoms with Gasteiger partial charge in [0.2, 0.25) is 23.5 Å². The van der Waals surface area contributed by atoms with Gasteiger partial charge in [-0.3, -0.25) is 33.8 Å². The van der Waals surface area contributed by atoms with E-state index in [0.29, 0.717) is 19.4 Å². The molecule has 3 fully saturated rings. The largest absolute Gasteiger partial charge is 0.347 e. The molecule has 0 bridgehead atoms.